The molecule has 0 aromatic carbocycles. The molecule has 66 valence electrons. The molecular formula is C8H16O3. The van der Waals surface area contributed by atoms with Crippen LogP contribution in [0.2, 0.25) is 0 Å². The lowest BCUT2D eigenvalue weighted by Gasteiger charge is -2.24. The monoisotopic (exact) mass is 160 g/mol. The van der Waals surface area contributed by atoms with Gasteiger partial charge in [-0.15, -0.1) is 0 Å². The lowest BCUT2D eigenvalue weighted by atomic mass is 10.00. The normalized spacial score (nSPS) is 33.3. The Morgan fingerprint density at radius 1 is 1.55 bits per heavy atom. The van der Waals surface area contributed by atoms with Gasteiger partial charge in [-0.3, -0.25) is 0 Å². The summed E-state index contributed by atoms with van der Waals surface area (Å²) in [5.41, 5.74) is -0.731. The first kappa shape index (κ1) is 8.97. The molecule has 0 amide bonds. The number of hydrogen-bond acceptors (Lipinski definition) is 3. The number of methoxy groups -OCH3 is 1. The van der Waals surface area contributed by atoms with Gasteiger partial charge in [0.25, 0.3) is 0 Å². The zero-order valence-electron chi connectivity index (χ0n) is 7.01. The minimum Gasteiger partial charge on any atom is -0.385 e. The molecular weight excluding hydrogens is 144 g/mol. The topological polar surface area (TPSA) is 38.7 Å². The zero-order chi connectivity index (χ0) is 8.16. The SMILES string of the molecule is COCC1(O)CCCCOC1. The molecule has 1 unspecified atom stereocenters. The first-order valence-corrected chi connectivity index (χ1v) is 4.06. The third-order valence-corrected chi connectivity index (χ3v) is 1.96. The third-order valence-electron chi connectivity index (χ3n) is 1.96. The van der Waals surface area contributed by atoms with Gasteiger partial charge in [0, 0.05) is 13.7 Å². The van der Waals surface area contributed by atoms with Crippen LogP contribution in [0.15, 0.2) is 0 Å². The van der Waals surface area contributed by atoms with Gasteiger partial charge < -0.3 is 14.6 Å². The van der Waals surface area contributed by atoms with Gasteiger partial charge in [-0.05, 0) is 19.3 Å². The molecule has 1 aliphatic heterocycles. The standard InChI is InChI=1S/C8H16O3/c1-10-6-8(9)4-2-3-5-11-7-8/h9H,2-7H2,1H3. The molecule has 1 N–H and O–H groups in total. The van der Waals surface area contributed by atoms with Crippen molar-refractivity contribution in [2.45, 2.75) is 24.9 Å². The smallest absolute Gasteiger partial charge is 0.111 e. The van der Waals surface area contributed by atoms with Crippen molar-refractivity contribution < 1.29 is 14.6 Å². The van der Waals surface area contributed by atoms with Crippen LogP contribution in [0.1, 0.15) is 19.3 Å². The second-order valence-corrected chi connectivity index (χ2v) is 3.17. The number of aliphatic hydroxyl groups is 1. The molecule has 3 nitrogen and oxygen atoms in total. The van der Waals surface area contributed by atoms with Gasteiger partial charge in [-0.1, -0.05) is 0 Å². The van der Waals surface area contributed by atoms with E-state index in [2.05, 4.69) is 0 Å². The van der Waals surface area contributed by atoms with Crippen molar-refractivity contribution in [3.8, 4) is 0 Å². The van der Waals surface area contributed by atoms with Crippen LogP contribution < -0.4 is 0 Å². The van der Waals surface area contributed by atoms with Crippen LogP contribution in [0.3, 0.4) is 0 Å². The van der Waals surface area contributed by atoms with Gasteiger partial charge in [0.2, 0.25) is 0 Å². The number of rotatable bonds is 2. The average molecular weight is 160 g/mol. The van der Waals surface area contributed by atoms with Crippen molar-refractivity contribution in [3.05, 3.63) is 0 Å². The molecule has 1 saturated heterocycles. The summed E-state index contributed by atoms with van der Waals surface area (Å²) in [6.07, 6.45) is 2.87. The minimum absolute atomic E-state index is 0.382. The predicted octanol–water partition coefficient (Wildman–Crippen LogP) is 0.564. The Hall–Kier alpha value is -0.120. The summed E-state index contributed by atoms with van der Waals surface area (Å²) in [4.78, 5) is 0. The van der Waals surface area contributed by atoms with Crippen molar-refractivity contribution in [3.63, 3.8) is 0 Å². The molecule has 1 aliphatic rings. The van der Waals surface area contributed by atoms with E-state index >= 15 is 0 Å². The Bertz CT molecular complexity index is 106. The van der Waals surface area contributed by atoms with Crippen LogP contribution in [0.4, 0.5) is 0 Å². The molecule has 0 radical (unpaired) electrons. The van der Waals surface area contributed by atoms with E-state index in [4.69, 9.17) is 9.47 Å². The summed E-state index contributed by atoms with van der Waals surface area (Å²) in [6, 6.07) is 0. The summed E-state index contributed by atoms with van der Waals surface area (Å²) < 4.78 is 10.1. The Labute approximate surface area is 67.3 Å². The highest BCUT2D eigenvalue weighted by atomic mass is 16.5. The summed E-state index contributed by atoms with van der Waals surface area (Å²) >= 11 is 0. The lowest BCUT2D eigenvalue weighted by Crippen LogP contribution is -2.38. The van der Waals surface area contributed by atoms with Crippen LogP contribution in [-0.2, 0) is 9.47 Å². The number of ether oxygens (including phenoxy) is 2. The lowest BCUT2D eigenvalue weighted by molar-refractivity contribution is -0.0803. The molecule has 0 aromatic heterocycles. The van der Waals surface area contributed by atoms with Gasteiger partial charge >= 0.3 is 0 Å². The van der Waals surface area contributed by atoms with Crippen molar-refractivity contribution in [2.24, 2.45) is 0 Å². The number of hydrogen-bond donors (Lipinski definition) is 1. The summed E-state index contributed by atoms with van der Waals surface area (Å²) in [5, 5.41) is 9.80. The molecule has 0 saturated carbocycles. The second-order valence-electron chi connectivity index (χ2n) is 3.17. The minimum atomic E-state index is -0.731. The van der Waals surface area contributed by atoms with E-state index in [0.717, 1.165) is 25.9 Å². The fraction of sp³-hybridized carbons (Fsp3) is 1.00. The molecule has 1 heterocycles. The Morgan fingerprint density at radius 3 is 3.09 bits per heavy atom. The van der Waals surface area contributed by atoms with Crippen LogP contribution in [0, 0.1) is 0 Å². The predicted molar refractivity (Wildman–Crippen MR) is 41.5 cm³/mol. The molecule has 1 rings (SSSR count). The van der Waals surface area contributed by atoms with Crippen LogP contribution >= 0.6 is 0 Å². The van der Waals surface area contributed by atoms with E-state index in [1.54, 1.807) is 7.11 Å². The summed E-state index contributed by atoms with van der Waals surface area (Å²) in [5.74, 6) is 0. The van der Waals surface area contributed by atoms with Gasteiger partial charge in [0.05, 0.1) is 13.2 Å². The third kappa shape index (κ3) is 2.77. The molecule has 0 aromatic rings. The highest BCUT2D eigenvalue weighted by Crippen LogP contribution is 2.18. The Kier molecular flexibility index (Phi) is 3.30. The van der Waals surface area contributed by atoms with Gasteiger partial charge in [-0.2, -0.15) is 0 Å². The van der Waals surface area contributed by atoms with Gasteiger partial charge in [-0.25, -0.2) is 0 Å². The molecule has 1 atom stereocenters. The van der Waals surface area contributed by atoms with E-state index < -0.39 is 5.60 Å². The Morgan fingerprint density at radius 2 is 2.36 bits per heavy atom. The van der Waals surface area contributed by atoms with E-state index in [0.29, 0.717) is 13.2 Å². The van der Waals surface area contributed by atoms with Crippen molar-refractivity contribution in [1.29, 1.82) is 0 Å². The maximum absolute atomic E-state index is 9.80. The van der Waals surface area contributed by atoms with Gasteiger partial charge in [0.15, 0.2) is 0 Å². The zero-order valence-corrected chi connectivity index (χ0v) is 7.01. The fourth-order valence-corrected chi connectivity index (χ4v) is 1.38. The van der Waals surface area contributed by atoms with Gasteiger partial charge in [0.1, 0.15) is 5.60 Å². The quantitative estimate of drug-likeness (QED) is 0.641. The fourth-order valence-electron chi connectivity index (χ4n) is 1.38. The van der Waals surface area contributed by atoms with Crippen molar-refractivity contribution >= 4 is 0 Å². The highest BCUT2D eigenvalue weighted by Gasteiger charge is 2.28. The Balaban J connectivity index is 2.38. The maximum atomic E-state index is 9.80. The largest absolute Gasteiger partial charge is 0.385 e. The van der Waals surface area contributed by atoms with Crippen LogP contribution in [-0.4, -0.2) is 37.6 Å². The molecule has 0 spiro atoms. The molecule has 1 fully saturated rings. The first-order chi connectivity index (χ1) is 5.27. The van der Waals surface area contributed by atoms with Crippen molar-refractivity contribution in [2.75, 3.05) is 26.9 Å². The van der Waals surface area contributed by atoms with E-state index in [-0.39, 0.29) is 0 Å². The highest BCUT2D eigenvalue weighted by molar-refractivity contribution is 4.79. The molecule has 0 bridgehead atoms. The molecule has 3 heteroatoms. The van der Waals surface area contributed by atoms with E-state index in [1.165, 1.54) is 0 Å². The second kappa shape index (κ2) is 4.04. The summed E-state index contributed by atoms with van der Waals surface area (Å²) in [6.45, 7) is 1.57. The van der Waals surface area contributed by atoms with Crippen LogP contribution in [0.5, 0.6) is 0 Å². The molecule has 0 aliphatic carbocycles. The average Bonchev–Trinajstić information content (AvgIpc) is 2.15. The van der Waals surface area contributed by atoms with E-state index in [1.807, 2.05) is 0 Å². The van der Waals surface area contributed by atoms with Crippen LogP contribution in [0.25, 0.3) is 0 Å². The first-order valence-electron chi connectivity index (χ1n) is 4.06. The maximum Gasteiger partial charge on any atom is 0.111 e. The van der Waals surface area contributed by atoms with E-state index in [9.17, 15) is 5.11 Å². The van der Waals surface area contributed by atoms with Crippen molar-refractivity contribution in [1.82, 2.24) is 0 Å². The summed E-state index contributed by atoms with van der Waals surface area (Å²) in [7, 11) is 1.60. The molecule has 11 heavy (non-hydrogen) atoms.